The molecular formula is C16H20N2O6. The van der Waals surface area contributed by atoms with Crippen LogP contribution in [0.3, 0.4) is 0 Å². The molecule has 1 heterocycles. The molecule has 1 atom stereocenters. The maximum Gasteiger partial charge on any atom is 0.335 e. The number of piperidine rings is 1. The standard InChI is InChI=1S/C16H20N2O6/c1-2-24-10-11-4-3-5-17(9-11)15(19)12-6-13(16(20)21)8-14(7-12)18(22)23/h6-8,11H,2-5,9-10H2,1H3,(H,20,21). The summed E-state index contributed by atoms with van der Waals surface area (Å²) in [5.41, 5.74) is -0.643. The molecule has 0 saturated carbocycles. The summed E-state index contributed by atoms with van der Waals surface area (Å²) in [4.78, 5) is 35.7. The molecule has 8 nitrogen and oxygen atoms in total. The quantitative estimate of drug-likeness (QED) is 0.630. The van der Waals surface area contributed by atoms with Crippen LogP contribution in [0.2, 0.25) is 0 Å². The van der Waals surface area contributed by atoms with E-state index >= 15 is 0 Å². The summed E-state index contributed by atoms with van der Waals surface area (Å²) >= 11 is 0. The third-order valence-corrected chi connectivity index (χ3v) is 3.99. The Bertz CT molecular complexity index is 613. The summed E-state index contributed by atoms with van der Waals surface area (Å²) in [6.45, 7) is 4.13. The van der Waals surface area contributed by atoms with Crippen molar-refractivity contribution < 1.29 is 24.4 Å². The smallest absolute Gasteiger partial charge is 0.335 e. The van der Waals surface area contributed by atoms with E-state index < -0.39 is 16.6 Å². The number of ether oxygens (including phenoxy) is 1. The molecule has 1 aliphatic heterocycles. The van der Waals surface area contributed by atoms with E-state index in [0.29, 0.717) is 26.3 Å². The summed E-state index contributed by atoms with van der Waals surface area (Å²) in [6, 6.07) is 3.26. The summed E-state index contributed by atoms with van der Waals surface area (Å²) in [5, 5.41) is 20.1. The van der Waals surface area contributed by atoms with Gasteiger partial charge in [-0.15, -0.1) is 0 Å². The number of hydrogen-bond acceptors (Lipinski definition) is 5. The highest BCUT2D eigenvalue weighted by Gasteiger charge is 2.26. The van der Waals surface area contributed by atoms with Crippen molar-refractivity contribution in [1.29, 1.82) is 0 Å². The SMILES string of the molecule is CCOCC1CCCN(C(=O)c2cc(C(=O)O)cc([N+](=O)[O-])c2)C1. The number of carboxylic acids is 1. The van der Waals surface area contributed by atoms with Crippen LogP contribution in [0.5, 0.6) is 0 Å². The van der Waals surface area contributed by atoms with Crippen molar-refractivity contribution in [3.63, 3.8) is 0 Å². The van der Waals surface area contributed by atoms with E-state index in [1.54, 1.807) is 4.90 Å². The molecule has 0 bridgehead atoms. The van der Waals surface area contributed by atoms with E-state index in [-0.39, 0.29) is 23.0 Å². The molecule has 2 rings (SSSR count). The molecular weight excluding hydrogens is 316 g/mol. The fourth-order valence-corrected chi connectivity index (χ4v) is 2.82. The van der Waals surface area contributed by atoms with E-state index in [2.05, 4.69) is 0 Å². The van der Waals surface area contributed by atoms with Crippen LogP contribution < -0.4 is 0 Å². The van der Waals surface area contributed by atoms with E-state index in [4.69, 9.17) is 9.84 Å². The molecule has 0 aliphatic carbocycles. The molecule has 1 aromatic rings. The first-order valence-corrected chi connectivity index (χ1v) is 7.82. The largest absolute Gasteiger partial charge is 0.478 e. The number of carbonyl (C=O) groups excluding carboxylic acids is 1. The van der Waals surface area contributed by atoms with Crippen molar-refractivity contribution in [2.45, 2.75) is 19.8 Å². The fourth-order valence-electron chi connectivity index (χ4n) is 2.82. The Kier molecular flexibility index (Phi) is 5.86. The van der Waals surface area contributed by atoms with Crippen molar-refractivity contribution in [2.75, 3.05) is 26.3 Å². The van der Waals surface area contributed by atoms with Crippen LogP contribution in [0.25, 0.3) is 0 Å². The Hall–Kier alpha value is -2.48. The number of carbonyl (C=O) groups is 2. The van der Waals surface area contributed by atoms with Crippen molar-refractivity contribution in [3.8, 4) is 0 Å². The van der Waals surface area contributed by atoms with Gasteiger partial charge in [0, 0.05) is 37.4 Å². The number of amides is 1. The Labute approximate surface area is 139 Å². The van der Waals surface area contributed by atoms with Crippen LogP contribution in [0.1, 0.15) is 40.5 Å². The van der Waals surface area contributed by atoms with Crippen molar-refractivity contribution in [1.82, 2.24) is 4.90 Å². The van der Waals surface area contributed by atoms with Crippen LogP contribution in [0.15, 0.2) is 18.2 Å². The van der Waals surface area contributed by atoms with Gasteiger partial charge in [0.15, 0.2) is 0 Å². The number of hydrogen-bond donors (Lipinski definition) is 1. The van der Waals surface area contributed by atoms with E-state index in [9.17, 15) is 19.7 Å². The molecule has 1 N–H and O–H groups in total. The maximum atomic E-state index is 12.6. The number of carboxylic acid groups (broad SMARTS) is 1. The van der Waals surface area contributed by atoms with Gasteiger partial charge in [0.2, 0.25) is 0 Å². The highest BCUT2D eigenvalue weighted by molar-refractivity contribution is 5.98. The van der Waals surface area contributed by atoms with Crippen LogP contribution in [0, 0.1) is 16.0 Å². The molecule has 0 spiro atoms. The average Bonchev–Trinajstić information content (AvgIpc) is 2.59. The first kappa shape index (κ1) is 17.9. The molecule has 8 heteroatoms. The predicted octanol–water partition coefficient (Wildman–Crippen LogP) is 2.18. The van der Waals surface area contributed by atoms with Crippen molar-refractivity contribution in [3.05, 3.63) is 39.4 Å². The normalized spacial score (nSPS) is 17.5. The molecule has 24 heavy (non-hydrogen) atoms. The lowest BCUT2D eigenvalue weighted by molar-refractivity contribution is -0.384. The van der Waals surface area contributed by atoms with Gasteiger partial charge in [-0.2, -0.15) is 0 Å². The number of nitro groups is 1. The van der Waals surface area contributed by atoms with Crippen LogP contribution >= 0.6 is 0 Å². The summed E-state index contributed by atoms with van der Waals surface area (Å²) in [6.07, 6.45) is 1.78. The molecule has 130 valence electrons. The molecule has 0 aromatic heterocycles. The van der Waals surface area contributed by atoms with Gasteiger partial charge in [0.05, 0.1) is 17.1 Å². The fraction of sp³-hybridized carbons (Fsp3) is 0.500. The van der Waals surface area contributed by atoms with Gasteiger partial charge in [-0.1, -0.05) is 0 Å². The van der Waals surface area contributed by atoms with E-state index in [1.807, 2.05) is 6.92 Å². The Morgan fingerprint density at radius 2 is 2.08 bits per heavy atom. The third kappa shape index (κ3) is 4.29. The van der Waals surface area contributed by atoms with Gasteiger partial charge in [-0.05, 0) is 31.7 Å². The van der Waals surface area contributed by atoms with Crippen LogP contribution in [0.4, 0.5) is 5.69 Å². The second-order valence-electron chi connectivity index (χ2n) is 5.75. The Balaban J connectivity index is 2.21. The zero-order valence-electron chi connectivity index (χ0n) is 13.4. The van der Waals surface area contributed by atoms with Crippen molar-refractivity contribution in [2.24, 2.45) is 5.92 Å². The number of benzene rings is 1. The monoisotopic (exact) mass is 336 g/mol. The molecule has 1 amide bonds. The predicted molar refractivity (Wildman–Crippen MR) is 85.2 cm³/mol. The van der Waals surface area contributed by atoms with Crippen LogP contribution in [-0.2, 0) is 4.74 Å². The van der Waals surface area contributed by atoms with Gasteiger partial charge < -0.3 is 14.7 Å². The Morgan fingerprint density at radius 3 is 2.71 bits per heavy atom. The van der Waals surface area contributed by atoms with Gasteiger partial charge >= 0.3 is 5.97 Å². The number of aromatic carboxylic acids is 1. The summed E-state index contributed by atoms with van der Waals surface area (Å²) < 4.78 is 5.40. The molecule has 1 unspecified atom stereocenters. The third-order valence-electron chi connectivity index (χ3n) is 3.99. The number of likely N-dealkylation sites (tertiary alicyclic amines) is 1. The molecule has 1 aromatic carbocycles. The first-order valence-electron chi connectivity index (χ1n) is 7.82. The average molecular weight is 336 g/mol. The zero-order valence-corrected chi connectivity index (χ0v) is 13.4. The van der Waals surface area contributed by atoms with Gasteiger partial charge in [-0.25, -0.2) is 4.79 Å². The van der Waals surface area contributed by atoms with Crippen LogP contribution in [-0.4, -0.2) is 53.1 Å². The number of rotatable bonds is 6. The topological polar surface area (TPSA) is 110 Å². The van der Waals surface area contributed by atoms with Crippen molar-refractivity contribution >= 4 is 17.6 Å². The zero-order chi connectivity index (χ0) is 17.7. The van der Waals surface area contributed by atoms with E-state index in [0.717, 1.165) is 25.0 Å². The number of nitro benzene ring substituents is 1. The van der Waals surface area contributed by atoms with E-state index in [1.165, 1.54) is 6.07 Å². The minimum Gasteiger partial charge on any atom is -0.478 e. The minimum atomic E-state index is -1.30. The Morgan fingerprint density at radius 1 is 1.38 bits per heavy atom. The molecule has 1 saturated heterocycles. The summed E-state index contributed by atoms with van der Waals surface area (Å²) in [5.74, 6) is -1.47. The summed E-state index contributed by atoms with van der Waals surface area (Å²) in [7, 11) is 0. The second kappa shape index (κ2) is 7.87. The lowest BCUT2D eigenvalue weighted by Gasteiger charge is -2.32. The minimum absolute atomic E-state index is 0.0265. The van der Waals surface area contributed by atoms with Gasteiger partial charge in [0.1, 0.15) is 0 Å². The molecule has 1 aliphatic rings. The maximum absolute atomic E-state index is 12.6. The second-order valence-corrected chi connectivity index (χ2v) is 5.75. The highest BCUT2D eigenvalue weighted by atomic mass is 16.6. The number of non-ortho nitro benzene ring substituents is 1. The lowest BCUT2D eigenvalue weighted by atomic mass is 9.98. The number of nitrogens with zero attached hydrogens (tertiary/aromatic N) is 2. The van der Waals surface area contributed by atoms with Gasteiger partial charge in [0.25, 0.3) is 11.6 Å². The first-order chi connectivity index (χ1) is 11.4. The lowest BCUT2D eigenvalue weighted by Crippen LogP contribution is -2.41. The highest BCUT2D eigenvalue weighted by Crippen LogP contribution is 2.22. The van der Waals surface area contributed by atoms with Gasteiger partial charge in [-0.3, -0.25) is 14.9 Å². The molecule has 1 fully saturated rings. The molecule has 0 radical (unpaired) electrons.